The first kappa shape index (κ1) is 12.3. The number of carbonyl (C=O) groups is 3. The zero-order valence-electron chi connectivity index (χ0n) is 7.36. The Balaban J connectivity index is 4.67. The van der Waals surface area contributed by atoms with Gasteiger partial charge in [0, 0.05) is 0 Å². The van der Waals surface area contributed by atoms with E-state index in [9.17, 15) is 14.4 Å². The molecule has 1 atom stereocenters. The second-order valence-corrected chi connectivity index (χ2v) is 3.23. The van der Waals surface area contributed by atoms with Gasteiger partial charge in [-0.25, -0.2) is 0 Å². The van der Waals surface area contributed by atoms with E-state index in [1.54, 1.807) is 0 Å². The second kappa shape index (κ2) is 4.50. The van der Waals surface area contributed by atoms with Gasteiger partial charge in [0.2, 0.25) is 0 Å². The van der Waals surface area contributed by atoms with Crippen molar-refractivity contribution in [3.05, 3.63) is 0 Å². The van der Waals surface area contributed by atoms with Gasteiger partial charge in [0.25, 0.3) is 0 Å². The third kappa shape index (κ3) is 2.91. The normalized spacial score (nSPS) is 14.5. The summed E-state index contributed by atoms with van der Waals surface area (Å²) in [7, 11) is 0. The molecular weight excluding hydrogens is 241 g/mol. The van der Waals surface area contributed by atoms with Crippen LogP contribution in [0.25, 0.3) is 0 Å². The topological polar surface area (TPSA) is 86.5 Å². The number of nitrogens with two attached hydrogens (primary N) is 1. The van der Waals surface area contributed by atoms with Crippen LogP contribution in [-0.4, -0.2) is 39.3 Å². The molecule has 1 unspecified atom stereocenters. The van der Waals surface area contributed by atoms with E-state index >= 15 is 0 Å². The molecule has 0 aromatic heterocycles. The molecule has 0 radical (unpaired) electrons. The van der Waals surface area contributed by atoms with Crippen molar-refractivity contribution in [2.45, 2.75) is 24.7 Å². The first-order valence-electron chi connectivity index (χ1n) is 3.48. The zero-order chi connectivity index (χ0) is 10.6. The molecule has 74 valence electrons. The number of rotatable bonds is 3. The van der Waals surface area contributed by atoms with Gasteiger partial charge in [-0.1, -0.05) is 0 Å². The predicted octanol–water partition coefficient (Wildman–Crippen LogP) is -1.32. The van der Waals surface area contributed by atoms with Crippen LogP contribution in [0.3, 0.4) is 0 Å². The Labute approximate surface area is 83.8 Å². The van der Waals surface area contributed by atoms with Crippen molar-refractivity contribution < 1.29 is 19.1 Å². The number of ketones is 1. The fourth-order valence-electron chi connectivity index (χ4n) is 0.541. The first-order chi connectivity index (χ1) is 5.84. The van der Waals surface area contributed by atoms with E-state index in [4.69, 9.17) is 5.73 Å². The molecule has 0 bridgehead atoms. The molecule has 0 fully saturated rings. The maximum absolute atomic E-state index is 11.1. The minimum absolute atomic E-state index is 0.0431. The average Bonchev–Trinajstić information content (AvgIpc) is 2.01. The van der Waals surface area contributed by atoms with Crippen LogP contribution in [0.2, 0.25) is 5.32 Å². The summed E-state index contributed by atoms with van der Waals surface area (Å²) >= 11 is 2.02. The molecule has 0 heterocycles. The van der Waals surface area contributed by atoms with E-state index in [0.29, 0.717) is 0 Å². The molecule has 0 aliphatic carbocycles. The molecule has 5 nitrogen and oxygen atoms in total. The van der Waals surface area contributed by atoms with Crippen LogP contribution in [0.15, 0.2) is 0 Å². The van der Waals surface area contributed by atoms with Crippen LogP contribution < -0.4 is 5.73 Å². The van der Waals surface area contributed by atoms with E-state index in [1.807, 2.05) is 16.0 Å². The standard InChI is InChI=1S/C7H11NO4Se/c1-4(9)7(8,3-13)6(11)12-5(2)10/h13H,3,8H2,1-2H3. The maximum atomic E-state index is 11.1. The van der Waals surface area contributed by atoms with Crippen molar-refractivity contribution >= 4 is 33.7 Å². The summed E-state index contributed by atoms with van der Waals surface area (Å²) in [6.07, 6.45) is 0. The van der Waals surface area contributed by atoms with Gasteiger partial charge in [-0.05, 0) is 0 Å². The molecule has 0 rings (SSSR count). The van der Waals surface area contributed by atoms with Gasteiger partial charge in [0.15, 0.2) is 0 Å². The Hall–Kier alpha value is -0.711. The molecule has 6 heteroatoms. The van der Waals surface area contributed by atoms with Gasteiger partial charge in [-0.3, -0.25) is 0 Å². The van der Waals surface area contributed by atoms with Gasteiger partial charge in [-0.15, -0.1) is 0 Å². The van der Waals surface area contributed by atoms with Gasteiger partial charge in [0.05, 0.1) is 0 Å². The van der Waals surface area contributed by atoms with Crippen LogP contribution in [0.1, 0.15) is 13.8 Å². The summed E-state index contributed by atoms with van der Waals surface area (Å²) in [5.74, 6) is -2.31. The minimum atomic E-state index is -1.72. The molecule has 0 aliphatic heterocycles. The fourth-order valence-corrected chi connectivity index (χ4v) is 1.28. The Morgan fingerprint density at radius 1 is 1.38 bits per heavy atom. The third-order valence-corrected chi connectivity index (χ3v) is 2.52. The summed E-state index contributed by atoms with van der Waals surface area (Å²) in [5, 5.41) is 0.0431. The van der Waals surface area contributed by atoms with E-state index in [-0.39, 0.29) is 5.32 Å². The Morgan fingerprint density at radius 2 is 1.85 bits per heavy atom. The zero-order valence-corrected chi connectivity index (χ0v) is 9.24. The Kier molecular flexibility index (Phi) is 4.26. The number of esters is 2. The van der Waals surface area contributed by atoms with E-state index < -0.39 is 23.3 Å². The average molecular weight is 252 g/mol. The van der Waals surface area contributed by atoms with Crippen molar-refractivity contribution in [3.8, 4) is 0 Å². The number of hydrogen-bond acceptors (Lipinski definition) is 5. The van der Waals surface area contributed by atoms with Gasteiger partial charge in [0.1, 0.15) is 0 Å². The van der Waals surface area contributed by atoms with Crippen LogP contribution in [0, 0.1) is 0 Å². The molecule has 0 saturated heterocycles. The first-order valence-corrected chi connectivity index (χ1v) is 4.81. The third-order valence-electron chi connectivity index (χ3n) is 1.48. The molecule has 13 heavy (non-hydrogen) atoms. The van der Waals surface area contributed by atoms with Crippen LogP contribution in [-0.2, 0) is 19.1 Å². The number of ether oxygens (including phenoxy) is 1. The van der Waals surface area contributed by atoms with Gasteiger partial charge < -0.3 is 0 Å². The van der Waals surface area contributed by atoms with Gasteiger partial charge in [-0.2, -0.15) is 0 Å². The summed E-state index contributed by atoms with van der Waals surface area (Å²) in [4.78, 5) is 32.5. The number of carbonyl (C=O) groups excluding carboxylic acids is 3. The predicted molar refractivity (Wildman–Crippen MR) is 46.3 cm³/mol. The molecule has 2 N–H and O–H groups in total. The van der Waals surface area contributed by atoms with Crippen LogP contribution >= 0.6 is 0 Å². The van der Waals surface area contributed by atoms with Crippen molar-refractivity contribution in [1.82, 2.24) is 0 Å². The summed E-state index contributed by atoms with van der Waals surface area (Å²) < 4.78 is 4.23. The van der Waals surface area contributed by atoms with E-state index in [0.717, 1.165) is 6.92 Å². The Morgan fingerprint density at radius 3 is 2.08 bits per heavy atom. The SMILES string of the molecule is CC(=O)OC(=O)C(N)(C[SeH])C(C)=O. The van der Waals surface area contributed by atoms with Crippen molar-refractivity contribution in [1.29, 1.82) is 0 Å². The van der Waals surface area contributed by atoms with E-state index in [2.05, 4.69) is 4.74 Å². The van der Waals surface area contributed by atoms with Crippen molar-refractivity contribution in [3.63, 3.8) is 0 Å². The molecule has 0 saturated carbocycles. The van der Waals surface area contributed by atoms with Crippen molar-refractivity contribution in [2.24, 2.45) is 5.73 Å². The summed E-state index contributed by atoms with van der Waals surface area (Å²) in [6.45, 7) is 2.25. The molecule has 0 aliphatic rings. The fraction of sp³-hybridized carbons (Fsp3) is 0.571. The monoisotopic (exact) mass is 253 g/mol. The number of hydrogen-bond donors (Lipinski definition) is 1. The second-order valence-electron chi connectivity index (χ2n) is 2.57. The van der Waals surface area contributed by atoms with Crippen LogP contribution in [0.4, 0.5) is 0 Å². The van der Waals surface area contributed by atoms with E-state index in [1.165, 1.54) is 6.92 Å². The van der Waals surface area contributed by atoms with Crippen molar-refractivity contribution in [2.75, 3.05) is 0 Å². The molecule has 0 aromatic rings. The van der Waals surface area contributed by atoms with Gasteiger partial charge >= 0.3 is 83.3 Å². The quantitative estimate of drug-likeness (QED) is 0.382. The summed E-state index contributed by atoms with van der Waals surface area (Å²) in [5.41, 5.74) is 3.72. The molecule has 0 amide bonds. The molecular formula is C7H11NO4Se. The Bertz CT molecular complexity index is 253. The molecule has 0 aromatic carbocycles. The number of Topliss-reactive ketones (excluding diaryl/α,β-unsaturated/α-hetero) is 1. The molecule has 0 spiro atoms. The van der Waals surface area contributed by atoms with Crippen LogP contribution in [0.5, 0.6) is 0 Å². The summed E-state index contributed by atoms with van der Waals surface area (Å²) in [6, 6.07) is 0.